The van der Waals surface area contributed by atoms with Gasteiger partial charge in [0.05, 0.1) is 24.1 Å². The topological polar surface area (TPSA) is 100 Å². The number of hydrogen-bond acceptors (Lipinski definition) is 8. The number of anilines is 1. The van der Waals surface area contributed by atoms with E-state index >= 15 is 4.39 Å². The number of phenols is 1. The molecule has 5 rings (SSSR count). The van der Waals surface area contributed by atoms with E-state index in [1.807, 2.05) is 11.9 Å². The Bertz CT molecular complexity index is 1010. The van der Waals surface area contributed by atoms with Crippen molar-refractivity contribution in [1.82, 2.24) is 25.5 Å². The summed E-state index contributed by atoms with van der Waals surface area (Å²) in [5.41, 5.74) is 1.68. The van der Waals surface area contributed by atoms with Gasteiger partial charge < -0.3 is 19.7 Å². The lowest BCUT2D eigenvalue weighted by Gasteiger charge is -2.46. The van der Waals surface area contributed by atoms with E-state index in [0.717, 1.165) is 25.7 Å². The second-order valence-electron chi connectivity index (χ2n) is 8.00. The molecule has 2 bridgehead atoms. The van der Waals surface area contributed by atoms with E-state index in [9.17, 15) is 5.11 Å². The number of nitrogens with one attached hydrogen (secondary N) is 1. The van der Waals surface area contributed by atoms with Gasteiger partial charge in [0.2, 0.25) is 12.3 Å². The summed E-state index contributed by atoms with van der Waals surface area (Å²) < 4.78 is 20.2. The Kier molecular flexibility index (Phi) is 4.82. The van der Waals surface area contributed by atoms with Crippen LogP contribution in [0.1, 0.15) is 25.7 Å². The van der Waals surface area contributed by atoms with Crippen LogP contribution in [-0.2, 0) is 0 Å². The molecule has 2 aromatic heterocycles. The number of phenolic OH excluding ortho intramolecular Hbond substituents is 1. The molecule has 9 heteroatoms. The molecule has 8 nitrogen and oxygen atoms in total. The zero-order valence-electron chi connectivity index (χ0n) is 16.6. The summed E-state index contributed by atoms with van der Waals surface area (Å²) in [5.74, 6) is 0.983. The highest BCUT2D eigenvalue weighted by Gasteiger charge is 2.41. The SMILES string of the molecule is CN(c1cnc(-c2ccc(-c3nnco3)cc2O)cn1)[C@@H]1CC2CCCC(N2)[C@@H]1F. The van der Waals surface area contributed by atoms with E-state index in [2.05, 4.69) is 25.5 Å². The maximum absolute atomic E-state index is 15.0. The first-order chi connectivity index (χ1) is 14.6. The average molecular weight is 410 g/mol. The van der Waals surface area contributed by atoms with Crippen LogP contribution in [0.4, 0.5) is 10.2 Å². The van der Waals surface area contributed by atoms with E-state index in [0.29, 0.717) is 34.6 Å². The number of piperidine rings is 2. The van der Waals surface area contributed by atoms with Gasteiger partial charge in [-0.05, 0) is 37.5 Å². The fraction of sp³-hybridized carbons (Fsp3) is 0.429. The number of alkyl halides is 1. The summed E-state index contributed by atoms with van der Waals surface area (Å²) in [5, 5.41) is 21.3. The third kappa shape index (κ3) is 3.39. The summed E-state index contributed by atoms with van der Waals surface area (Å²) in [7, 11) is 1.87. The Balaban J connectivity index is 1.35. The number of aromatic hydroxyl groups is 1. The molecular weight excluding hydrogens is 387 g/mol. The largest absolute Gasteiger partial charge is 0.507 e. The second kappa shape index (κ2) is 7.64. The van der Waals surface area contributed by atoms with Crippen LogP contribution in [0.5, 0.6) is 5.75 Å². The van der Waals surface area contributed by atoms with Crippen LogP contribution < -0.4 is 10.2 Å². The number of nitrogens with zero attached hydrogens (tertiary/aromatic N) is 5. The van der Waals surface area contributed by atoms with Crippen molar-refractivity contribution in [2.45, 2.75) is 50.0 Å². The molecule has 3 aromatic rings. The molecule has 0 aliphatic carbocycles. The molecule has 2 unspecified atom stereocenters. The summed E-state index contributed by atoms with van der Waals surface area (Å²) in [6.07, 6.45) is 7.35. The van der Waals surface area contributed by atoms with Gasteiger partial charge in [0.1, 0.15) is 17.7 Å². The number of hydrogen-bond donors (Lipinski definition) is 2. The van der Waals surface area contributed by atoms with Crippen LogP contribution in [0.2, 0.25) is 0 Å². The maximum Gasteiger partial charge on any atom is 0.247 e. The van der Waals surface area contributed by atoms with Gasteiger partial charge in [-0.1, -0.05) is 6.42 Å². The van der Waals surface area contributed by atoms with E-state index in [1.165, 1.54) is 6.39 Å². The first-order valence-electron chi connectivity index (χ1n) is 10.1. The fourth-order valence-corrected chi connectivity index (χ4v) is 4.54. The zero-order valence-corrected chi connectivity index (χ0v) is 16.6. The van der Waals surface area contributed by atoms with Crippen molar-refractivity contribution in [2.24, 2.45) is 0 Å². The van der Waals surface area contributed by atoms with Gasteiger partial charge in [0.15, 0.2) is 0 Å². The molecule has 2 saturated heterocycles. The molecule has 1 aromatic carbocycles. The lowest BCUT2D eigenvalue weighted by atomic mass is 9.82. The summed E-state index contributed by atoms with van der Waals surface area (Å²) in [6.45, 7) is 0. The molecule has 4 atom stereocenters. The molecular formula is C21H23FN6O2. The molecule has 0 radical (unpaired) electrons. The predicted molar refractivity (Wildman–Crippen MR) is 109 cm³/mol. The smallest absolute Gasteiger partial charge is 0.247 e. The summed E-state index contributed by atoms with van der Waals surface area (Å²) in [6, 6.07) is 5.12. The molecule has 30 heavy (non-hydrogen) atoms. The third-order valence-electron chi connectivity index (χ3n) is 6.17. The standard InChI is InChI=1S/C21H23FN6O2/c1-28(17-8-13-3-2-4-15(26-13)20(17)22)19-10-23-16(9-24-19)14-6-5-12(7-18(14)29)21-27-25-11-30-21/h5-7,9-11,13,15,17,20,26,29H,2-4,8H2,1H3/t13?,15?,17-,20+/m1/s1. The molecule has 2 aliphatic heterocycles. The van der Waals surface area contributed by atoms with E-state index in [-0.39, 0.29) is 17.8 Å². The molecule has 2 aliphatic rings. The van der Waals surface area contributed by atoms with Crippen LogP contribution in [0.25, 0.3) is 22.7 Å². The first kappa shape index (κ1) is 18.9. The number of benzene rings is 1. The predicted octanol–water partition coefficient (Wildman–Crippen LogP) is 2.96. The van der Waals surface area contributed by atoms with Crippen molar-refractivity contribution in [3.63, 3.8) is 0 Å². The minimum absolute atomic E-state index is 0.0381. The van der Waals surface area contributed by atoms with Crippen LogP contribution in [0.3, 0.4) is 0 Å². The zero-order chi connectivity index (χ0) is 20.7. The number of fused-ring (bicyclic) bond motifs is 2. The van der Waals surface area contributed by atoms with Gasteiger partial charge in [-0.3, -0.25) is 4.98 Å². The molecule has 4 heterocycles. The van der Waals surface area contributed by atoms with Crippen LogP contribution in [0, 0.1) is 0 Å². The first-order valence-corrected chi connectivity index (χ1v) is 10.1. The Labute approximate surface area is 173 Å². The molecule has 0 amide bonds. The van der Waals surface area contributed by atoms with Crippen molar-refractivity contribution in [2.75, 3.05) is 11.9 Å². The summed E-state index contributed by atoms with van der Waals surface area (Å²) in [4.78, 5) is 10.9. The van der Waals surface area contributed by atoms with Crippen molar-refractivity contribution in [3.8, 4) is 28.5 Å². The van der Waals surface area contributed by atoms with Crippen LogP contribution in [0.15, 0.2) is 41.4 Å². The second-order valence-corrected chi connectivity index (χ2v) is 8.00. The highest BCUT2D eigenvalue weighted by atomic mass is 19.1. The van der Waals surface area contributed by atoms with Gasteiger partial charge in [0, 0.05) is 30.3 Å². The fourth-order valence-electron chi connectivity index (χ4n) is 4.54. The normalized spacial score (nSPS) is 25.8. The van der Waals surface area contributed by atoms with Crippen molar-refractivity contribution in [1.29, 1.82) is 0 Å². The van der Waals surface area contributed by atoms with E-state index in [1.54, 1.807) is 30.6 Å². The van der Waals surface area contributed by atoms with Crippen LogP contribution >= 0.6 is 0 Å². The number of rotatable bonds is 4. The molecule has 0 saturated carbocycles. The third-order valence-corrected chi connectivity index (χ3v) is 6.17. The van der Waals surface area contributed by atoms with Gasteiger partial charge in [0.25, 0.3) is 0 Å². The highest BCUT2D eigenvalue weighted by Crippen LogP contribution is 2.34. The van der Waals surface area contributed by atoms with Crippen molar-refractivity contribution >= 4 is 5.82 Å². The van der Waals surface area contributed by atoms with Gasteiger partial charge in [-0.2, -0.15) is 0 Å². The lowest BCUT2D eigenvalue weighted by molar-refractivity contribution is 0.107. The number of aromatic nitrogens is 4. The van der Waals surface area contributed by atoms with E-state index < -0.39 is 6.17 Å². The Morgan fingerprint density at radius 2 is 2.13 bits per heavy atom. The van der Waals surface area contributed by atoms with Crippen molar-refractivity contribution < 1.29 is 13.9 Å². The molecule has 2 N–H and O–H groups in total. The van der Waals surface area contributed by atoms with Gasteiger partial charge >= 0.3 is 0 Å². The molecule has 2 fully saturated rings. The minimum atomic E-state index is -0.936. The van der Waals surface area contributed by atoms with Gasteiger partial charge in [-0.25, -0.2) is 9.37 Å². The van der Waals surface area contributed by atoms with E-state index in [4.69, 9.17) is 4.42 Å². The lowest BCUT2D eigenvalue weighted by Crippen LogP contribution is -2.61. The Morgan fingerprint density at radius 1 is 1.23 bits per heavy atom. The monoisotopic (exact) mass is 410 g/mol. The number of halogens is 1. The quantitative estimate of drug-likeness (QED) is 0.677. The van der Waals surface area contributed by atoms with Crippen LogP contribution in [-0.4, -0.2) is 56.6 Å². The maximum atomic E-state index is 15.0. The minimum Gasteiger partial charge on any atom is -0.507 e. The Morgan fingerprint density at radius 3 is 2.87 bits per heavy atom. The molecule has 156 valence electrons. The molecule has 0 spiro atoms. The average Bonchev–Trinajstić information content (AvgIpc) is 3.31. The summed E-state index contributed by atoms with van der Waals surface area (Å²) >= 11 is 0. The Hall–Kier alpha value is -3.07. The van der Waals surface area contributed by atoms with Crippen molar-refractivity contribution in [3.05, 3.63) is 37.0 Å². The highest BCUT2D eigenvalue weighted by molar-refractivity contribution is 5.71. The van der Waals surface area contributed by atoms with Gasteiger partial charge in [-0.15, -0.1) is 10.2 Å².